The molecule has 1 unspecified atom stereocenters. The van der Waals surface area contributed by atoms with Crippen LogP contribution in [0.1, 0.15) is 18.4 Å². The van der Waals surface area contributed by atoms with Crippen LogP contribution < -0.4 is 16.6 Å². The summed E-state index contributed by atoms with van der Waals surface area (Å²) in [6.07, 6.45) is 6.58. The second-order valence-electron chi connectivity index (χ2n) is 6.93. The average molecular weight is 395 g/mol. The monoisotopic (exact) mass is 395 g/mol. The predicted octanol–water partition coefficient (Wildman–Crippen LogP) is 0.297. The third kappa shape index (κ3) is 4.09. The van der Waals surface area contributed by atoms with E-state index in [2.05, 4.69) is 15.3 Å². The van der Waals surface area contributed by atoms with Gasteiger partial charge in [0.2, 0.25) is 5.91 Å². The van der Waals surface area contributed by atoms with E-state index in [9.17, 15) is 14.4 Å². The zero-order valence-electron chi connectivity index (χ0n) is 15.8. The standard InChI is InChI=1S/C20H21N5O4/c26-17(23-11-15-3-2-10-29-15)13-24-16-4-1-7-22-18(16)19(27)25(20(24)28)12-14-5-8-21-9-6-14/h1,4-9,15H,2-3,10-13H2,(H,23,26). The summed E-state index contributed by atoms with van der Waals surface area (Å²) in [4.78, 5) is 46.5. The maximum Gasteiger partial charge on any atom is 0.332 e. The molecule has 0 radical (unpaired) electrons. The lowest BCUT2D eigenvalue weighted by molar-refractivity contribution is -0.122. The maximum atomic E-state index is 13.1. The van der Waals surface area contributed by atoms with Gasteiger partial charge in [0.1, 0.15) is 6.54 Å². The summed E-state index contributed by atoms with van der Waals surface area (Å²) in [7, 11) is 0. The van der Waals surface area contributed by atoms with E-state index >= 15 is 0 Å². The normalized spacial score (nSPS) is 16.2. The van der Waals surface area contributed by atoms with Crippen LogP contribution in [-0.2, 0) is 22.6 Å². The van der Waals surface area contributed by atoms with Gasteiger partial charge in [-0.3, -0.25) is 23.7 Å². The van der Waals surface area contributed by atoms with Crippen molar-refractivity contribution in [1.82, 2.24) is 24.4 Å². The van der Waals surface area contributed by atoms with Crippen molar-refractivity contribution in [2.75, 3.05) is 13.2 Å². The second kappa shape index (κ2) is 8.36. The average Bonchev–Trinajstić information content (AvgIpc) is 3.27. The van der Waals surface area contributed by atoms with E-state index in [1.54, 1.807) is 36.7 Å². The number of fused-ring (bicyclic) bond motifs is 1. The van der Waals surface area contributed by atoms with Gasteiger partial charge in [-0.15, -0.1) is 0 Å². The highest BCUT2D eigenvalue weighted by Gasteiger charge is 2.19. The van der Waals surface area contributed by atoms with Gasteiger partial charge >= 0.3 is 5.69 Å². The zero-order valence-corrected chi connectivity index (χ0v) is 15.8. The molecule has 1 saturated heterocycles. The topological polar surface area (TPSA) is 108 Å². The number of hydrogen-bond acceptors (Lipinski definition) is 6. The molecule has 1 aliphatic heterocycles. The molecule has 4 rings (SSSR count). The number of nitrogens with zero attached hydrogens (tertiary/aromatic N) is 4. The summed E-state index contributed by atoms with van der Waals surface area (Å²) in [5.41, 5.74) is 0.190. The molecule has 9 nitrogen and oxygen atoms in total. The molecule has 4 heterocycles. The number of nitrogens with one attached hydrogen (secondary N) is 1. The van der Waals surface area contributed by atoms with Gasteiger partial charge in [0.25, 0.3) is 5.56 Å². The zero-order chi connectivity index (χ0) is 20.2. The molecule has 1 amide bonds. The third-order valence-corrected chi connectivity index (χ3v) is 4.93. The Hall–Kier alpha value is -3.33. The molecule has 1 N–H and O–H groups in total. The van der Waals surface area contributed by atoms with Crippen LogP contribution in [-0.4, -0.2) is 44.3 Å². The number of hydrogen-bond donors (Lipinski definition) is 1. The van der Waals surface area contributed by atoms with E-state index < -0.39 is 11.2 Å². The lowest BCUT2D eigenvalue weighted by Crippen LogP contribution is -2.43. The minimum absolute atomic E-state index is 0.00901. The highest BCUT2D eigenvalue weighted by molar-refractivity contribution is 5.79. The van der Waals surface area contributed by atoms with Crippen LogP contribution in [0.4, 0.5) is 0 Å². The smallest absolute Gasteiger partial charge is 0.332 e. The first kappa shape index (κ1) is 19.0. The SMILES string of the molecule is O=C(Cn1c(=O)n(Cc2ccncc2)c(=O)c2ncccc21)NCC1CCCO1. The minimum Gasteiger partial charge on any atom is -0.376 e. The lowest BCUT2D eigenvalue weighted by atomic mass is 10.2. The van der Waals surface area contributed by atoms with E-state index in [0.717, 1.165) is 23.0 Å². The summed E-state index contributed by atoms with van der Waals surface area (Å²) in [5, 5.41) is 2.81. The Labute approximate surface area is 166 Å². The van der Waals surface area contributed by atoms with E-state index in [-0.39, 0.29) is 30.6 Å². The van der Waals surface area contributed by atoms with Crippen LogP contribution in [0.15, 0.2) is 52.4 Å². The summed E-state index contributed by atoms with van der Waals surface area (Å²) in [6.45, 7) is 0.977. The molecule has 0 aromatic carbocycles. The van der Waals surface area contributed by atoms with Crippen molar-refractivity contribution < 1.29 is 9.53 Å². The lowest BCUT2D eigenvalue weighted by Gasteiger charge is -2.15. The molecule has 1 atom stereocenters. The first-order valence-electron chi connectivity index (χ1n) is 9.49. The molecule has 0 spiro atoms. The number of aromatic nitrogens is 4. The van der Waals surface area contributed by atoms with Crippen molar-refractivity contribution >= 4 is 16.9 Å². The first-order valence-corrected chi connectivity index (χ1v) is 9.49. The Morgan fingerprint density at radius 1 is 1.17 bits per heavy atom. The Kier molecular flexibility index (Phi) is 5.48. The number of rotatable bonds is 6. The summed E-state index contributed by atoms with van der Waals surface area (Å²) < 4.78 is 7.89. The molecule has 3 aromatic rings. The van der Waals surface area contributed by atoms with Crippen LogP contribution >= 0.6 is 0 Å². The number of carbonyl (C=O) groups excluding carboxylic acids is 1. The molecule has 0 saturated carbocycles. The molecular formula is C20H21N5O4. The van der Waals surface area contributed by atoms with Gasteiger partial charge in [0.05, 0.1) is 18.2 Å². The molecule has 150 valence electrons. The van der Waals surface area contributed by atoms with Crippen LogP contribution in [0.3, 0.4) is 0 Å². The van der Waals surface area contributed by atoms with E-state index in [4.69, 9.17) is 4.74 Å². The van der Waals surface area contributed by atoms with Crippen LogP contribution in [0.2, 0.25) is 0 Å². The first-order chi connectivity index (χ1) is 14.1. The molecule has 1 fully saturated rings. The van der Waals surface area contributed by atoms with Crippen molar-refractivity contribution in [2.45, 2.75) is 32.0 Å². The van der Waals surface area contributed by atoms with Gasteiger partial charge < -0.3 is 10.1 Å². The molecule has 3 aromatic heterocycles. The molecule has 0 aliphatic carbocycles. The Balaban J connectivity index is 1.67. The predicted molar refractivity (Wildman–Crippen MR) is 106 cm³/mol. The summed E-state index contributed by atoms with van der Waals surface area (Å²) in [5.74, 6) is -0.318. The van der Waals surface area contributed by atoms with Gasteiger partial charge in [-0.1, -0.05) is 0 Å². The maximum absolute atomic E-state index is 13.1. The van der Waals surface area contributed by atoms with Gasteiger partial charge in [0, 0.05) is 31.7 Å². The van der Waals surface area contributed by atoms with Crippen molar-refractivity contribution in [1.29, 1.82) is 0 Å². The van der Waals surface area contributed by atoms with E-state index in [1.807, 2.05) is 0 Å². The van der Waals surface area contributed by atoms with E-state index in [0.29, 0.717) is 18.7 Å². The fourth-order valence-corrected chi connectivity index (χ4v) is 3.44. The summed E-state index contributed by atoms with van der Waals surface area (Å²) in [6, 6.07) is 6.71. The molecule has 29 heavy (non-hydrogen) atoms. The number of carbonyl (C=O) groups is 1. The molecular weight excluding hydrogens is 374 g/mol. The largest absolute Gasteiger partial charge is 0.376 e. The Morgan fingerprint density at radius 3 is 2.76 bits per heavy atom. The van der Waals surface area contributed by atoms with Crippen molar-refractivity contribution in [3.8, 4) is 0 Å². The molecule has 0 bridgehead atoms. The van der Waals surface area contributed by atoms with Crippen molar-refractivity contribution in [3.05, 3.63) is 69.3 Å². The minimum atomic E-state index is -0.556. The molecule has 9 heteroatoms. The fourth-order valence-electron chi connectivity index (χ4n) is 3.44. The summed E-state index contributed by atoms with van der Waals surface area (Å²) >= 11 is 0. The van der Waals surface area contributed by atoms with Crippen LogP contribution in [0.25, 0.3) is 11.0 Å². The Bertz CT molecular complexity index is 1130. The third-order valence-electron chi connectivity index (χ3n) is 4.93. The van der Waals surface area contributed by atoms with Gasteiger partial charge in [-0.05, 0) is 42.7 Å². The van der Waals surface area contributed by atoms with Crippen molar-refractivity contribution in [2.24, 2.45) is 0 Å². The quantitative estimate of drug-likeness (QED) is 0.643. The number of pyridine rings is 2. The highest BCUT2D eigenvalue weighted by Crippen LogP contribution is 2.10. The van der Waals surface area contributed by atoms with Gasteiger partial charge in [0.15, 0.2) is 5.52 Å². The van der Waals surface area contributed by atoms with Crippen LogP contribution in [0.5, 0.6) is 0 Å². The highest BCUT2D eigenvalue weighted by atomic mass is 16.5. The van der Waals surface area contributed by atoms with Crippen LogP contribution in [0, 0.1) is 0 Å². The second-order valence-corrected chi connectivity index (χ2v) is 6.93. The Morgan fingerprint density at radius 2 is 2.00 bits per heavy atom. The number of amides is 1. The number of ether oxygens (including phenoxy) is 1. The van der Waals surface area contributed by atoms with Gasteiger partial charge in [-0.25, -0.2) is 9.78 Å². The van der Waals surface area contributed by atoms with Gasteiger partial charge in [-0.2, -0.15) is 0 Å². The fraction of sp³-hybridized carbons (Fsp3) is 0.350. The van der Waals surface area contributed by atoms with E-state index in [1.165, 1.54) is 10.8 Å². The van der Waals surface area contributed by atoms with Crippen molar-refractivity contribution in [3.63, 3.8) is 0 Å². The molecule has 1 aliphatic rings.